The number of halogens is 1. The summed E-state index contributed by atoms with van der Waals surface area (Å²) in [5, 5.41) is 3.71. The smallest absolute Gasteiger partial charge is 0.116 e. The Morgan fingerprint density at radius 1 is 2.00 bits per heavy atom. The van der Waals surface area contributed by atoms with Crippen LogP contribution in [0.4, 0.5) is 0 Å². The Morgan fingerprint density at radius 3 is 3.00 bits per heavy atom. The van der Waals surface area contributed by atoms with Crippen molar-refractivity contribution < 1.29 is 0 Å². The minimum absolute atomic E-state index is 0.792. The Bertz CT molecular complexity index is 78.9. The minimum Gasteiger partial charge on any atom is -0.298 e. The normalized spacial score (nSPS) is 19.8. The zero-order chi connectivity index (χ0) is 4.41. The molecule has 0 amide bonds. The van der Waals surface area contributed by atoms with E-state index in [0.29, 0.717) is 0 Å². The maximum Gasteiger partial charge on any atom is 0.116 e. The maximum atomic E-state index is 3.71. The number of nitrogens with one attached hydrogen (secondary N) is 1. The largest absolute Gasteiger partial charge is 0.298 e. The lowest BCUT2D eigenvalue weighted by Crippen LogP contribution is -1.88. The third-order valence-electron chi connectivity index (χ3n) is 0.491. The second kappa shape index (κ2) is 1.60. The molecule has 0 atom stereocenters. The monoisotopic (exact) mass is 146 g/mol. The van der Waals surface area contributed by atoms with E-state index in [-0.39, 0.29) is 0 Å². The third-order valence-corrected chi connectivity index (χ3v) is 0.948. The van der Waals surface area contributed by atoms with Gasteiger partial charge in [-0.2, -0.15) is 5.10 Å². The van der Waals surface area contributed by atoms with E-state index in [9.17, 15) is 0 Å². The first kappa shape index (κ1) is 4.12. The number of hydrogen-bond donors (Lipinski definition) is 1. The topological polar surface area (TPSA) is 24.4 Å². The molecule has 1 N–H and O–H groups in total. The number of nitrogens with zero attached hydrogens (tertiary/aromatic N) is 1. The fraction of sp³-hybridized carbons (Fsp3) is 0.333. The van der Waals surface area contributed by atoms with Gasteiger partial charge in [-0.05, 0) is 15.9 Å². The summed E-state index contributed by atoms with van der Waals surface area (Å²) in [4.78, 5) is 0. The summed E-state index contributed by atoms with van der Waals surface area (Å²) in [7, 11) is 0. The van der Waals surface area contributed by atoms with Crippen LogP contribution in [-0.2, 0) is 0 Å². The molecule has 0 spiro atoms. The summed E-state index contributed by atoms with van der Waals surface area (Å²) in [6.45, 7) is 2.77. The van der Waals surface area contributed by atoms with E-state index < -0.39 is 0 Å². The van der Waals surface area contributed by atoms with E-state index >= 15 is 0 Å². The lowest BCUT2D eigenvalue weighted by Gasteiger charge is -1.73. The summed E-state index contributed by atoms with van der Waals surface area (Å²) in [6.07, 6.45) is 0.792. The zero-order valence-electron chi connectivity index (χ0n) is 3.03. The van der Waals surface area contributed by atoms with Gasteiger partial charge in [-0.1, -0.05) is 0 Å². The molecule has 0 aromatic heterocycles. The highest BCUT2D eigenvalue weighted by Gasteiger charge is 1.99. The Morgan fingerprint density at radius 2 is 2.83 bits per heavy atom. The molecule has 0 bridgehead atoms. The van der Waals surface area contributed by atoms with E-state index in [4.69, 9.17) is 0 Å². The van der Waals surface area contributed by atoms with Crippen LogP contribution < -0.4 is 5.43 Å². The Hall–Kier alpha value is -0.0500. The molecule has 1 heterocycles. The molecule has 2 nitrogen and oxygen atoms in total. The summed E-state index contributed by atoms with van der Waals surface area (Å²) in [5.41, 5.74) is 2.56. The van der Waals surface area contributed by atoms with Gasteiger partial charge in [0, 0.05) is 6.42 Å². The maximum absolute atomic E-state index is 3.71. The lowest BCUT2D eigenvalue weighted by atomic mass is 10.5. The number of hydrazone groups is 1. The SMILES string of the molecule is BrC1=NN[C]C1. The van der Waals surface area contributed by atoms with Gasteiger partial charge in [-0.25, -0.2) is 0 Å². The second-order valence-electron chi connectivity index (χ2n) is 0.953. The lowest BCUT2D eigenvalue weighted by molar-refractivity contribution is 0.918. The Kier molecular flexibility index (Phi) is 1.10. The standard InChI is InChI=1S/C3H3BrN2/c4-3-1-2-5-6-3/h5H,1H2. The van der Waals surface area contributed by atoms with Crippen molar-refractivity contribution in [1.82, 2.24) is 5.43 Å². The molecule has 1 rings (SSSR count). The van der Waals surface area contributed by atoms with Crippen LogP contribution in [-0.4, -0.2) is 4.62 Å². The quantitative estimate of drug-likeness (QED) is 0.536. The molecule has 0 saturated carbocycles. The van der Waals surface area contributed by atoms with Crippen molar-refractivity contribution in [2.24, 2.45) is 5.10 Å². The molecule has 0 aromatic rings. The fourth-order valence-corrected chi connectivity index (χ4v) is 0.481. The van der Waals surface area contributed by atoms with Gasteiger partial charge in [0.25, 0.3) is 0 Å². The van der Waals surface area contributed by atoms with Crippen molar-refractivity contribution >= 4 is 20.6 Å². The summed E-state index contributed by atoms with van der Waals surface area (Å²) in [6, 6.07) is 0. The molecule has 32 valence electrons. The molecule has 0 saturated heterocycles. The minimum atomic E-state index is 0.792. The average Bonchev–Trinajstić information content (AvgIpc) is 1.86. The van der Waals surface area contributed by atoms with Crippen LogP contribution in [0, 0.1) is 6.54 Å². The van der Waals surface area contributed by atoms with Crippen LogP contribution in [0.25, 0.3) is 0 Å². The molecule has 6 heavy (non-hydrogen) atoms. The van der Waals surface area contributed by atoms with Gasteiger partial charge in [0.15, 0.2) is 0 Å². The first-order chi connectivity index (χ1) is 2.89. The van der Waals surface area contributed by atoms with Gasteiger partial charge < -0.3 is 0 Å². The molecule has 2 radical (unpaired) electrons. The van der Waals surface area contributed by atoms with Gasteiger partial charge in [0.2, 0.25) is 0 Å². The van der Waals surface area contributed by atoms with Gasteiger partial charge >= 0.3 is 0 Å². The summed E-state index contributed by atoms with van der Waals surface area (Å²) in [5.74, 6) is 0. The number of rotatable bonds is 0. The van der Waals surface area contributed by atoms with Gasteiger partial charge in [-0.3, -0.25) is 5.43 Å². The van der Waals surface area contributed by atoms with E-state index in [0.717, 1.165) is 11.0 Å². The van der Waals surface area contributed by atoms with E-state index in [2.05, 4.69) is 33.0 Å². The molecule has 0 aromatic carbocycles. The first-order valence-corrected chi connectivity index (χ1v) is 2.39. The van der Waals surface area contributed by atoms with Crippen LogP contribution in [0.1, 0.15) is 6.42 Å². The van der Waals surface area contributed by atoms with Crippen molar-refractivity contribution in [2.45, 2.75) is 6.42 Å². The van der Waals surface area contributed by atoms with Gasteiger partial charge in [-0.15, -0.1) is 0 Å². The Balaban J connectivity index is 2.45. The van der Waals surface area contributed by atoms with Crippen molar-refractivity contribution in [3.8, 4) is 0 Å². The molecule has 1 aliphatic rings. The third kappa shape index (κ3) is 0.712. The van der Waals surface area contributed by atoms with Crippen LogP contribution in [0.2, 0.25) is 0 Å². The van der Waals surface area contributed by atoms with E-state index in [1.807, 2.05) is 0 Å². The second-order valence-corrected chi connectivity index (χ2v) is 1.87. The predicted octanol–water partition coefficient (Wildman–Crippen LogP) is 0.727. The molecule has 0 aliphatic carbocycles. The highest BCUT2D eigenvalue weighted by Crippen LogP contribution is 2.01. The molecular weight excluding hydrogens is 144 g/mol. The van der Waals surface area contributed by atoms with Crippen LogP contribution in [0.15, 0.2) is 5.10 Å². The predicted molar refractivity (Wildman–Crippen MR) is 27.4 cm³/mol. The van der Waals surface area contributed by atoms with Crippen molar-refractivity contribution in [3.05, 3.63) is 6.54 Å². The van der Waals surface area contributed by atoms with Crippen LogP contribution in [0.3, 0.4) is 0 Å². The molecule has 3 heteroatoms. The molecule has 0 fully saturated rings. The summed E-state index contributed by atoms with van der Waals surface area (Å²) < 4.78 is 0.919. The average molecular weight is 147 g/mol. The first-order valence-electron chi connectivity index (χ1n) is 1.59. The number of hydrogen-bond acceptors (Lipinski definition) is 2. The summed E-state index contributed by atoms with van der Waals surface area (Å²) >= 11 is 3.16. The zero-order valence-corrected chi connectivity index (χ0v) is 4.62. The van der Waals surface area contributed by atoms with Crippen molar-refractivity contribution in [2.75, 3.05) is 0 Å². The van der Waals surface area contributed by atoms with Crippen LogP contribution >= 0.6 is 15.9 Å². The fourth-order valence-electron chi connectivity index (χ4n) is 0.252. The molecule has 0 unspecified atom stereocenters. The van der Waals surface area contributed by atoms with E-state index in [1.165, 1.54) is 0 Å². The van der Waals surface area contributed by atoms with Crippen molar-refractivity contribution in [3.63, 3.8) is 0 Å². The highest BCUT2D eigenvalue weighted by molar-refractivity contribution is 9.18. The molecule has 1 aliphatic heterocycles. The van der Waals surface area contributed by atoms with Gasteiger partial charge in [0.1, 0.15) is 11.2 Å². The van der Waals surface area contributed by atoms with Crippen molar-refractivity contribution in [1.29, 1.82) is 0 Å². The molecular formula is C3H3BrN2. The van der Waals surface area contributed by atoms with Gasteiger partial charge in [0.05, 0.1) is 0 Å². The Labute approximate surface area is 44.7 Å². The highest BCUT2D eigenvalue weighted by atomic mass is 79.9. The van der Waals surface area contributed by atoms with Crippen LogP contribution in [0.5, 0.6) is 0 Å². The van der Waals surface area contributed by atoms with E-state index in [1.54, 1.807) is 0 Å².